The maximum absolute atomic E-state index is 11.8. The molecule has 1 saturated heterocycles. The average molecular weight is 345 g/mol. The minimum Gasteiger partial charge on any atom is -0.488 e. The predicted octanol–water partition coefficient (Wildman–Crippen LogP) is -0.506. The molecule has 2 N–H and O–H groups in total. The van der Waals surface area contributed by atoms with E-state index < -0.39 is 26.9 Å². The number of aliphatic hydroxyl groups is 1. The Morgan fingerprint density at radius 3 is 2.58 bits per heavy atom. The second-order valence-electron chi connectivity index (χ2n) is 6.15. The van der Waals surface area contributed by atoms with Crippen LogP contribution < -0.4 is 0 Å². The number of nitrogens with zero attached hydrogens (tertiary/aromatic N) is 3. The number of fused-ring (bicyclic) bond motifs is 2. The van der Waals surface area contributed by atoms with Gasteiger partial charge < -0.3 is 14.9 Å². The van der Waals surface area contributed by atoms with Crippen molar-refractivity contribution in [2.24, 2.45) is 0 Å². The standard InChI is InChI=1S/C13H19N3O8/c17-5-6-24-10-1-3-12(15(20)21)7-13(10,16(22)23)9-14(8-12)4-2-11(18)19/h1,17H,2-9H2,(H,18,19)/t12-,13+/m0/s1. The molecule has 0 amide bonds. The molecule has 0 aromatic carbocycles. The molecule has 2 aliphatic rings. The monoisotopic (exact) mass is 345 g/mol. The lowest BCUT2D eigenvalue weighted by Gasteiger charge is -2.45. The average Bonchev–Trinajstić information content (AvgIpc) is 2.51. The molecule has 0 aromatic rings. The lowest BCUT2D eigenvalue weighted by atomic mass is 9.71. The van der Waals surface area contributed by atoms with Gasteiger partial charge in [0.1, 0.15) is 6.61 Å². The molecule has 2 atom stereocenters. The predicted molar refractivity (Wildman–Crippen MR) is 78.5 cm³/mol. The quantitative estimate of drug-likeness (QED) is 0.437. The number of hydrogen-bond acceptors (Lipinski definition) is 8. The van der Waals surface area contributed by atoms with Gasteiger partial charge in [0.05, 0.1) is 32.5 Å². The highest BCUT2D eigenvalue weighted by Crippen LogP contribution is 2.44. The number of aliphatic carboxylic acids is 1. The van der Waals surface area contributed by atoms with Crippen molar-refractivity contribution in [3.8, 4) is 0 Å². The van der Waals surface area contributed by atoms with Gasteiger partial charge in [-0.15, -0.1) is 0 Å². The number of hydrogen-bond donors (Lipinski definition) is 2. The van der Waals surface area contributed by atoms with E-state index in [0.717, 1.165) is 0 Å². The Kier molecular flexibility index (Phi) is 5.04. The number of aliphatic hydroxyl groups excluding tert-OH is 1. The summed E-state index contributed by atoms with van der Waals surface area (Å²) in [6.45, 7) is -0.725. The zero-order valence-electron chi connectivity index (χ0n) is 12.9. The molecular formula is C13H19N3O8. The molecule has 0 unspecified atom stereocenters. The van der Waals surface area contributed by atoms with Gasteiger partial charge in [-0.2, -0.15) is 0 Å². The molecule has 0 spiro atoms. The molecule has 0 radical (unpaired) electrons. The van der Waals surface area contributed by atoms with Crippen molar-refractivity contribution < 1.29 is 29.6 Å². The maximum atomic E-state index is 11.8. The van der Waals surface area contributed by atoms with Crippen LogP contribution in [0.25, 0.3) is 0 Å². The summed E-state index contributed by atoms with van der Waals surface area (Å²) in [5.74, 6) is -1.08. The third kappa shape index (κ3) is 3.17. The molecule has 24 heavy (non-hydrogen) atoms. The van der Waals surface area contributed by atoms with Gasteiger partial charge in [-0.05, 0) is 6.08 Å². The molecule has 2 bridgehead atoms. The highest BCUT2D eigenvalue weighted by atomic mass is 16.6. The van der Waals surface area contributed by atoms with E-state index >= 15 is 0 Å². The van der Waals surface area contributed by atoms with Crippen molar-refractivity contribution in [1.29, 1.82) is 0 Å². The normalized spacial score (nSPS) is 29.6. The number of carboxylic acid groups (broad SMARTS) is 1. The fourth-order valence-electron chi connectivity index (χ4n) is 3.44. The second-order valence-corrected chi connectivity index (χ2v) is 6.15. The van der Waals surface area contributed by atoms with Crippen LogP contribution in [0.1, 0.15) is 19.3 Å². The van der Waals surface area contributed by atoms with E-state index in [-0.39, 0.29) is 57.9 Å². The van der Waals surface area contributed by atoms with Crippen molar-refractivity contribution in [2.75, 3.05) is 32.8 Å². The first-order chi connectivity index (χ1) is 11.3. The molecular weight excluding hydrogens is 326 g/mol. The fourth-order valence-corrected chi connectivity index (χ4v) is 3.44. The van der Waals surface area contributed by atoms with Crippen LogP contribution >= 0.6 is 0 Å². The summed E-state index contributed by atoms with van der Waals surface area (Å²) in [4.78, 5) is 34.4. The minimum atomic E-state index is -1.81. The lowest BCUT2D eigenvalue weighted by molar-refractivity contribution is -0.624. The molecule has 134 valence electrons. The minimum absolute atomic E-state index is 0.000880. The van der Waals surface area contributed by atoms with E-state index in [4.69, 9.17) is 14.9 Å². The van der Waals surface area contributed by atoms with Crippen LogP contribution in [0.5, 0.6) is 0 Å². The van der Waals surface area contributed by atoms with E-state index in [1.54, 1.807) is 0 Å². The number of carbonyl (C=O) groups is 1. The lowest BCUT2D eigenvalue weighted by Crippen LogP contribution is -2.67. The van der Waals surface area contributed by atoms with Crippen molar-refractivity contribution in [1.82, 2.24) is 4.90 Å². The Morgan fingerprint density at radius 2 is 2.04 bits per heavy atom. The Labute approximate surface area is 136 Å². The number of rotatable bonds is 8. The summed E-state index contributed by atoms with van der Waals surface area (Å²) in [5.41, 5.74) is -3.35. The summed E-state index contributed by atoms with van der Waals surface area (Å²) in [5, 5.41) is 41.0. The highest BCUT2D eigenvalue weighted by Gasteiger charge is 2.66. The van der Waals surface area contributed by atoms with Crippen LogP contribution in [-0.4, -0.2) is 74.9 Å². The smallest absolute Gasteiger partial charge is 0.304 e. The van der Waals surface area contributed by atoms with Crippen LogP contribution in [0.2, 0.25) is 0 Å². The van der Waals surface area contributed by atoms with Crippen LogP contribution in [0.4, 0.5) is 0 Å². The summed E-state index contributed by atoms with van der Waals surface area (Å²) >= 11 is 0. The maximum Gasteiger partial charge on any atom is 0.304 e. The number of likely N-dealkylation sites (tertiary alicyclic amines) is 1. The highest BCUT2D eigenvalue weighted by molar-refractivity contribution is 5.66. The van der Waals surface area contributed by atoms with Gasteiger partial charge in [0.25, 0.3) is 5.54 Å². The van der Waals surface area contributed by atoms with Crippen molar-refractivity contribution in [3.63, 3.8) is 0 Å². The summed E-state index contributed by atoms with van der Waals surface area (Å²) in [7, 11) is 0. The summed E-state index contributed by atoms with van der Waals surface area (Å²) in [6, 6.07) is 0. The third-order valence-corrected chi connectivity index (χ3v) is 4.48. The number of ether oxygens (including phenoxy) is 1. The van der Waals surface area contributed by atoms with E-state index in [9.17, 15) is 25.0 Å². The molecule has 0 saturated carbocycles. The van der Waals surface area contributed by atoms with E-state index in [2.05, 4.69) is 0 Å². The zero-order chi connectivity index (χ0) is 18.0. The SMILES string of the molecule is O=C(O)CCN1C[C@]2([N+](=O)[O-])CC=C(OCCO)[C@]([N+](=O)[O-])(C1)C2. The van der Waals surface area contributed by atoms with Crippen LogP contribution in [0.15, 0.2) is 11.8 Å². The number of piperidine rings is 1. The van der Waals surface area contributed by atoms with Gasteiger partial charge >= 0.3 is 5.97 Å². The second kappa shape index (κ2) is 6.69. The zero-order valence-corrected chi connectivity index (χ0v) is 12.9. The Balaban J connectivity index is 2.38. The third-order valence-electron chi connectivity index (χ3n) is 4.48. The van der Waals surface area contributed by atoms with Gasteiger partial charge in [-0.3, -0.25) is 29.9 Å². The largest absolute Gasteiger partial charge is 0.488 e. The molecule has 1 heterocycles. The van der Waals surface area contributed by atoms with Crippen LogP contribution in [0.3, 0.4) is 0 Å². The fraction of sp³-hybridized carbons (Fsp3) is 0.769. The molecule has 2 rings (SSSR count). The molecule has 11 heteroatoms. The first-order valence-corrected chi connectivity index (χ1v) is 7.43. The molecule has 1 fully saturated rings. The van der Waals surface area contributed by atoms with E-state index in [1.807, 2.05) is 0 Å². The van der Waals surface area contributed by atoms with E-state index in [1.165, 1.54) is 11.0 Å². The van der Waals surface area contributed by atoms with Gasteiger partial charge in [0, 0.05) is 22.8 Å². The van der Waals surface area contributed by atoms with Crippen LogP contribution in [-0.2, 0) is 9.53 Å². The Bertz CT molecular complexity index is 580. The van der Waals surface area contributed by atoms with Gasteiger partial charge in [-0.1, -0.05) is 0 Å². The number of nitro groups is 2. The van der Waals surface area contributed by atoms with Crippen molar-refractivity contribution >= 4 is 5.97 Å². The van der Waals surface area contributed by atoms with Gasteiger partial charge in [0.15, 0.2) is 5.76 Å². The summed E-state index contributed by atoms with van der Waals surface area (Å²) < 4.78 is 5.29. The van der Waals surface area contributed by atoms with Gasteiger partial charge in [-0.25, -0.2) is 0 Å². The number of carboxylic acids is 1. The molecule has 1 aliphatic carbocycles. The molecule has 11 nitrogen and oxygen atoms in total. The molecule has 1 aliphatic heterocycles. The first kappa shape index (κ1) is 18.1. The van der Waals surface area contributed by atoms with Crippen molar-refractivity contribution in [3.05, 3.63) is 32.1 Å². The Morgan fingerprint density at radius 1 is 1.33 bits per heavy atom. The van der Waals surface area contributed by atoms with E-state index in [0.29, 0.717) is 0 Å². The Hall–Kier alpha value is -2.27. The topological polar surface area (TPSA) is 156 Å². The van der Waals surface area contributed by atoms with Gasteiger partial charge in [0.2, 0.25) is 5.54 Å². The first-order valence-electron chi connectivity index (χ1n) is 7.43. The molecule has 0 aromatic heterocycles. The van der Waals surface area contributed by atoms with Crippen LogP contribution in [0, 0.1) is 20.2 Å². The summed E-state index contributed by atoms with van der Waals surface area (Å²) in [6.07, 6.45) is 0.734. The van der Waals surface area contributed by atoms with Crippen molar-refractivity contribution in [2.45, 2.75) is 30.3 Å².